The van der Waals surface area contributed by atoms with E-state index in [9.17, 15) is 5.11 Å². The molecular formula is C12H18ClNOS. The van der Waals surface area contributed by atoms with Crippen molar-refractivity contribution in [3.05, 3.63) is 24.3 Å². The molecule has 0 aliphatic carbocycles. The summed E-state index contributed by atoms with van der Waals surface area (Å²) < 4.78 is 0. The van der Waals surface area contributed by atoms with Crippen LogP contribution in [0.5, 0.6) is 0 Å². The second-order valence-corrected chi connectivity index (χ2v) is 5.78. The fraction of sp³-hybridized carbons (Fsp3) is 0.500. The van der Waals surface area contributed by atoms with Crippen LogP contribution in [0.1, 0.15) is 13.8 Å². The van der Waals surface area contributed by atoms with E-state index in [-0.39, 0.29) is 5.88 Å². The van der Waals surface area contributed by atoms with Crippen LogP contribution in [-0.4, -0.2) is 28.9 Å². The molecule has 0 radical (unpaired) electrons. The highest BCUT2D eigenvalue weighted by molar-refractivity contribution is 8.00. The van der Waals surface area contributed by atoms with Crippen LogP contribution in [-0.2, 0) is 0 Å². The fourth-order valence-corrected chi connectivity index (χ4v) is 2.29. The molecule has 0 aromatic heterocycles. The third kappa shape index (κ3) is 4.64. The Morgan fingerprint density at radius 2 is 2.06 bits per heavy atom. The Kier molecular flexibility index (Phi) is 6.03. The van der Waals surface area contributed by atoms with E-state index in [2.05, 4.69) is 25.2 Å². The van der Waals surface area contributed by atoms with Gasteiger partial charge in [0, 0.05) is 22.4 Å². The number of halogens is 1. The molecule has 2 nitrogen and oxygen atoms in total. The molecule has 0 amide bonds. The molecule has 0 fully saturated rings. The molecule has 0 saturated carbocycles. The van der Waals surface area contributed by atoms with Gasteiger partial charge in [0.25, 0.3) is 0 Å². The molecule has 0 bridgehead atoms. The molecule has 1 aromatic carbocycles. The van der Waals surface area contributed by atoms with Crippen LogP contribution in [0.15, 0.2) is 29.2 Å². The van der Waals surface area contributed by atoms with E-state index in [1.807, 2.05) is 30.0 Å². The van der Waals surface area contributed by atoms with Gasteiger partial charge in [-0.3, -0.25) is 0 Å². The highest BCUT2D eigenvalue weighted by Crippen LogP contribution is 2.29. The zero-order chi connectivity index (χ0) is 12.0. The minimum absolute atomic E-state index is 0.256. The number of rotatable bonds is 6. The Balaban J connectivity index is 2.63. The zero-order valence-corrected chi connectivity index (χ0v) is 11.2. The minimum atomic E-state index is -0.501. The van der Waals surface area contributed by atoms with Crippen molar-refractivity contribution in [1.29, 1.82) is 0 Å². The third-order valence-electron chi connectivity index (χ3n) is 1.96. The first kappa shape index (κ1) is 13.7. The number of hydrogen-bond acceptors (Lipinski definition) is 3. The van der Waals surface area contributed by atoms with Gasteiger partial charge < -0.3 is 10.4 Å². The molecule has 0 aliphatic heterocycles. The normalized spacial score (nSPS) is 12.8. The molecule has 1 aromatic rings. The SMILES string of the molecule is CC(C)Sc1ccccc1NCC(O)CCl. The maximum absolute atomic E-state index is 9.39. The average Bonchev–Trinajstić information content (AvgIpc) is 2.26. The number of alkyl halides is 1. The first-order chi connectivity index (χ1) is 7.63. The van der Waals surface area contributed by atoms with Crippen molar-refractivity contribution in [2.24, 2.45) is 0 Å². The van der Waals surface area contributed by atoms with Gasteiger partial charge in [0.2, 0.25) is 0 Å². The van der Waals surface area contributed by atoms with Crippen LogP contribution < -0.4 is 5.32 Å². The molecule has 1 unspecified atom stereocenters. The van der Waals surface area contributed by atoms with Gasteiger partial charge in [-0.25, -0.2) is 0 Å². The molecule has 0 saturated heterocycles. The summed E-state index contributed by atoms with van der Waals surface area (Å²) in [4.78, 5) is 1.21. The summed E-state index contributed by atoms with van der Waals surface area (Å²) in [6.45, 7) is 4.81. The van der Waals surface area contributed by atoms with Gasteiger partial charge in [-0.1, -0.05) is 26.0 Å². The number of nitrogens with one attached hydrogen (secondary N) is 1. The number of hydrogen-bond donors (Lipinski definition) is 2. The maximum Gasteiger partial charge on any atom is 0.0847 e. The van der Waals surface area contributed by atoms with Crippen molar-refractivity contribution >= 4 is 29.1 Å². The third-order valence-corrected chi connectivity index (χ3v) is 3.39. The number of aliphatic hydroxyl groups is 1. The first-order valence-electron chi connectivity index (χ1n) is 5.37. The summed E-state index contributed by atoms with van der Waals surface area (Å²) in [5.74, 6) is 0.256. The van der Waals surface area contributed by atoms with Gasteiger partial charge in [0.1, 0.15) is 0 Å². The number of para-hydroxylation sites is 1. The Bertz CT molecular complexity index is 320. The van der Waals surface area contributed by atoms with Crippen molar-refractivity contribution in [2.75, 3.05) is 17.7 Å². The molecule has 0 heterocycles. The second-order valence-electron chi connectivity index (χ2n) is 3.85. The predicted molar refractivity (Wildman–Crippen MR) is 72.7 cm³/mol. The van der Waals surface area contributed by atoms with E-state index in [1.165, 1.54) is 4.90 Å². The van der Waals surface area contributed by atoms with E-state index in [4.69, 9.17) is 11.6 Å². The number of benzene rings is 1. The Morgan fingerprint density at radius 1 is 1.38 bits per heavy atom. The summed E-state index contributed by atoms with van der Waals surface area (Å²) in [6.07, 6.45) is -0.501. The molecule has 90 valence electrons. The first-order valence-corrected chi connectivity index (χ1v) is 6.78. The lowest BCUT2D eigenvalue weighted by Crippen LogP contribution is -2.21. The van der Waals surface area contributed by atoms with E-state index in [1.54, 1.807) is 0 Å². The standard InChI is InChI=1S/C12H18ClNOS/c1-9(2)16-12-6-4-3-5-11(12)14-8-10(15)7-13/h3-6,9-10,14-15H,7-8H2,1-2H3. The van der Waals surface area contributed by atoms with Crippen molar-refractivity contribution < 1.29 is 5.11 Å². The lowest BCUT2D eigenvalue weighted by Gasteiger charge is -2.14. The highest BCUT2D eigenvalue weighted by atomic mass is 35.5. The number of aliphatic hydroxyl groups excluding tert-OH is 1. The van der Waals surface area contributed by atoms with Crippen LogP contribution in [0.3, 0.4) is 0 Å². The lowest BCUT2D eigenvalue weighted by atomic mass is 10.3. The van der Waals surface area contributed by atoms with Crippen molar-refractivity contribution in [3.63, 3.8) is 0 Å². The average molecular weight is 260 g/mol. The van der Waals surface area contributed by atoms with E-state index in [0.29, 0.717) is 11.8 Å². The van der Waals surface area contributed by atoms with E-state index < -0.39 is 6.10 Å². The minimum Gasteiger partial charge on any atom is -0.390 e. The smallest absolute Gasteiger partial charge is 0.0847 e. The Morgan fingerprint density at radius 3 is 2.69 bits per heavy atom. The van der Waals surface area contributed by atoms with Gasteiger partial charge in [0.05, 0.1) is 12.0 Å². The monoisotopic (exact) mass is 259 g/mol. The van der Waals surface area contributed by atoms with Gasteiger partial charge in [-0.15, -0.1) is 23.4 Å². The summed E-state index contributed by atoms with van der Waals surface area (Å²) in [7, 11) is 0. The molecular weight excluding hydrogens is 242 g/mol. The number of anilines is 1. The largest absolute Gasteiger partial charge is 0.390 e. The maximum atomic E-state index is 9.39. The number of thioether (sulfide) groups is 1. The summed E-state index contributed by atoms with van der Waals surface area (Å²) in [6, 6.07) is 8.11. The Hall–Kier alpha value is -0.380. The van der Waals surface area contributed by atoms with Crippen LogP contribution in [0.25, 0.3) is 0 Å². The van der Waals surface area contributed by atoms with Crippen LogP contribution in [0.2, 0.25) is 0 Å². The van der Waals surface area contributed by atoms with E-state index in [0.717, 1.165) is 5.69 Å². The molecule has 0 aliphatic rings. The zero-order valence-electron chi connectivity index (χ0n) is 9.61. The Labute approximate surface area is 106 Å². The van der Waals surface area contributed by atoms with Gasteiger partial charge in [-0.2, -0.15) is 0 Å². The molecule has 2 N–H and O–H groups in total. The molecule has 0 spiro atoms. The highest BCUT2D eigenvalue weighted by Gasteiger charge is 2.06. The van der Waals surface area contributed by atoms with Gasteiger partial charge >= 0.3 is 0 Å². The quantitative estimate of drug-likeness (QED) is 0.608. The summed E-state index contributed by atoms with van der Waals surface area (Å²) in [5.41, 5.74) is 1.06. The van der Waals surface area contributed by atoms with E-state index >= 15 is 0 Å². The van der Waals surface area contributed by atoms with Crippen LogP contribution >= 0.6 is 23.4 Å². The lowest BCUT2D eigenvalue weighted by molar-refractivity contribution is 0.211. The summed E-state index contributed by atoms with van der Waals surface area (Å²) >= 11 is 7.35. The van der Waals surface area contributed by atoms with Crippen molar-refractivity contribution in [2.45, 2.75) is 30.1 Å². The fourth-order valence-electron chi connectivity index (χ4n) is 1.25. The van der Waals surface area contributed by atoms with Crippen molar-refractivity contribution in [1.82, 2.24) is 0 Å². The second kappa shape index (κ2) is 7.05. The van der Waals surface area contributed by atoms with Gasteiger partial charge in [-0.05, 0) is 12.1 Å². The summed E-state index contributed by atoms with van der Waals surface area (Å²) in [5, 5.41) is 13.1. The van der Waals surface area contributed by atoms with Crippen LogP contribution in [0, 0.1) is 0 Å². The molecule has 1 rings (SSSR count). The van der Waals surface area contributed by atoms with Crippen LogP contribution in [0.4, 0.5) is 5.69 Å². The molecule has 1 atom stereocenters. The van der Waals surface area contributed by atoms with Crippen molar-refractivity contribution in [3.8, 4) is 0 Å². The van der Waals surface area contributed by atoms with Gasteiger partial charge in [0.15, 0.2) is 0 Å². The molecule has 16 heavy (non-hydrogen) atoms. The topological polar surface area (TPSA) is 32.3 Å². The predicted octanol–water partition coefficient (Wildman–Crippen LogP) is 3.20. The molecule has 4 heteroatoms.